The third kappa shape index (κ3) is 3.91. The van der Waals surface area contributed by atoms with Gasteiger partial charge in [-0.05, 0) is 43.2 Å². The minimum Gasteiger partial charge on any atom is -0.478 e. The summed E-state index contributed by atoms with van der Waals surface area (Å²) in [6.45, 7) is 2.56. The van der Waals surface area contributed by atoms with Crippen molar-refractivity contribution in [1.29, 1.82) is 0 Å². The van der Waals surface area contributed by atoms with Crippen molar-refractivity contribution in [3.63, 3.8) is 0 Å². The molecule has 0 aliphatic carbocycles. The van der Waals surface area contributed by atoms with Crippen molar-refractivity contribution in [3.8, 4) is 0 Å². The first-order valence-corrected chi connectivity index (χ1v) is 8.43. The van der Waals surface area contributed by atoms with Crippen molar-refractivity contribution < 1.29 is 19.5 Å². The minimum atomic E-state index is -1.01. The van der Waals surface area contributed by atoms with Crippen LogP contribution < -0.4 is 10.2 Å². The predicted octanol–water partition coefficient (Wildman–Crippen LogP) is 2.16. The molecule has 1 aliphatic heterocycles. The third-order valence-electron chi connectivity index (χ3n) is 4.45. The summed E-state index contributed by atoms with van der Waals surface area (Å²) in [4.78, 5) is 37.3. The predicted molar refractivity (Wildman–Crippen MR) is 97.2 cm³/mol. The van der Waals surface area contributed by atoms with Crippen molar-refractivity contribution in [2.24, 2.45) is 0 Å². The zero-order valence-corrected chi connectivity index (χ0v) is 14.4. The molecule has 2 aromatic rings. The standard InChI is InChI=1S/C20H20N2O4/c1-13-2-8-16(9-3-13)22-11-10-17(19(22)24)21-18(23)12-14-4-6-15(7-5-14)20(25)26/h2-9,17H,10-12H2,1H3,(H,21,23)(H,25,26). The van der Waals surface area contributed by atoms with Crippen LogP contribution in [0.3, 0.4) is 0 Å². The van der Waals surface area contributed by atoms with Gasteiger partial charge in [-0.15, -0.1) is 0 Å². The Morgan fingerprint density at radius 1 is 1.12 bits per heavy atom. The highest BCUT2D eigenvalue weighted by molar-refractivity contribution is 6.01. The van der Waals surface area contributed by atoms with Gasteiger partial charge in [-0.25, -0.2) is 4.79 Å². The van der Waals surface area contributed by atoms with Crippen LogP contribution in [0.4, 0.5) is 5.69 Å². The molecule has 1 fully saturated rings. The monoisotopic (exact) mass is 352 g/mol. The van der Waals surface area contributed by atoms with E-state index in [0.29, 0.717) is 18.5 Å². The van der Waals surface area contributed by atoms with Gasteiger partial charge >= 0.3 is 5.97 Å². The second-order valence-corrected chi connectivity index (χ2v) is 6.41. The normalized spacial score (nSPS) is 16.6. The van der Waals surface area contributed by atoms with Crippen LogP contribution in [0.1, 0.15) is 27.9 Å². The SMILES string of the molecule is Cc1ccc(N2CCC(NC(=O)Cc3ccc(C(=O)O)cc3)C2=O)cc1. The van der Waals surface area contributed by atoms with Crippen molar-refractivity contribution in [2.75, 3.05) is 11.4 Å². The molecule has 0 spiro atoms. The van der Waals surface area contributed by atoms with Crippen molar-refractivity contribution >= 4 is 23.5 Å². The van der Waals surface area contributed by atoms with E-state index in [1.54, 1.807) is 17.0 Å². The van der Waals surface area contributed by atoms with Crippen LogP contribution in [0.5, 0.6) is 0 Å². The lowest BCUT2D eigenvalue weighted by molar-refractivity contribution is -0.126. The second kappa shape index (κ2) is 7.39. The molecular formula is C20H20N2O4. The molecule has 1 heterocycles. The number of rotatable bonds is 5. The molecule has 6 heteroatoms. The number of amides is 2. The topological polar surface area (TPSA) is 86.7 Å². The number of aryl methyl sites for hydroxylation is 1. The lowest BCUT2D eigenvalue weighted by Gasteiger charge is -2.17. The Hall–Kier alpha value is -3.15. The maximum atomic E-state index is 12.5. The summed E-state index contributed by atoms with van der Waals surface area (Å²) >= 11 is 0. The van der Waals surface area contributed by atoms with Crippen LogP contribution in [0.25, 0.3) is 0 Å². The summed E-state index contributed by atoms with van der Waals surface area (Å²) in [5, 5.41) is 11.7. The van der Waals surface area contributed by atoms with Gasteiger partial charge in [0.2, 0.25) is 11.8 Å². The van der Waals surface area contributed by atoms with E-state index < -0.39 is 12.0 Å². The van der Waals surface area contributed by atoms with Crippen molar-refractivity contribution in [3.05, 3.63) is 65.2 Å². The van der Waals surface area contributed by atoms with Crippen molar-refractivity contribution in [2.45, 2.75) is 25.8 Å². The average Bonchev–Trinajstić information content (AvgIpc) is 2.97. The molecule has 0 bridgehead atoms. The number of nitrogens with one attached hydrogen (secondary N) is 1. The Morgan fingerprint density at radius 2 is 1.77 bits per heavy atom. The van der Waals surface area contributed by atoms with Crippen molar-refractivity contribution in [1.82, 2.24) is 5.32 Å². The molecule has 1 aliphatic rings. The Balaban J connectivity index is 1.58. The highest BCUT2D eigenvalue weighted by Gasteiger charge is 2.33. The van der Waals surface area contributed by atoms with E-state index in [1.165, 1.54) is 12.1 Å². The molecular weight excluding hydrogens is 332 g/mol. The summed E-state index contributed by atoms with van der Waals surface area (Å²) in [6, 6.07) is 13.3. The number of hydrogen-bond acceptors (Lipinski definition) is 3. The number of carbonyl (C=O) groups is 3. The lowest BCUT2D eigenvalue weighted by Crippen LogP contribution is -2.42. The van der Waals surface area contributed by atoms with E-state index in [0.717, 1.165) is 11.3 Å². The summed E-state index contributed by atoms with van der Waals surface area (Å²) in [7, 11) is 0. The van der Waals surface area contributed by atoms with Gasteiger partial charge in [-0.2, -0.15) is 0 Å². The lowest BCUT2D eigenvalue weighted by atomic mass is 10.1. The van der Waals surface area contributed by atoms with Crippen LogP contribution in [0.15, 0.2) is 48.5 Å². The Labute approximate surface area is 151 Å². The molecule has 1 saturated heterocycles. The molecule has 3 rings (SSSR count). The zero-order chi connectivity index (χ0) is 18.7. The van der Waals surface area contributed by atoms with E-state index in [-0.39, 0.29) is 23.8 Å². The van der Waals surface area contributed by atoms with Gasteiger partial charge in [0, 0.05) is 12.2 Å². The molecule has 134 valence electrons. The first kappa shape index (κ1) is 17.7. The van der Waals surface area contributed by atoms with Crippen LogP contribution >= 0.6 is 0 Å². The summed E-state index contributed by atoms with van der Waals surface area (Å²) in [6.07, 6.45) is 0.671. The number of nitrogens with zero attached hydrogens (tertiary/aromatic N) is 1. The van der Waals surface area contributed by atoms with E-state index in [9.17, 15) is 14.4 Å². The number of anilines is 1. The molecule has 1 unspecified atom stereocenters. The van der Waals surface area contributed by atoms with Gasteiger partial charge in [-0.1, -0.05) is 29.8 Å². The molecule has 6 nitrogen and oxygen atoms in total. The van der Waals surface area contributed by atoms with Crippen LogP contribution in [-0.4, -0.2) is 35.5 Å². The largest absolute Gasteiger partial charge is 0.478 e. The van der Waals surface area contributed by atoms with Gasteiger partial charge < -0.3 is 15.3 Å². The number of benzene rings is 2. The summed E-state index contributed by atoms with van der Waals surface area (Å²) < 4.78 is 0. The first-order chi connectivity index (χ1) is 12.4. The van der Waals surface area contributed by atoms with Gasteiger partial charge in [0.25, 0.3) is 0 Å². The molecule has 2 aromatic carbocycles. The van der Waals surface area contributed by atoms with Gasteiger partial charge in [0.1, 0.15) is 6.04 Å². The molecule has 26 heavy (non-hydrogen) atoms. The molecule has 2 N–H and O–H groups in total. The number of carboxylic acids is 1. The fourth-order valence-corrected chi connectivity index (χ4v) is 2.99. The van der Waals surface area contributed by atoms with E-state index in [2.05, 4.69) is 5.32 Å². The van der Waals surface area contributed by atoms with Gasteiger partial charge in [0.15, 0.2) is 0 Å². The Bertz CT molecular complexity index is 828. The Kier molecular flexibility index (Phi) is 5.02. The zero-order valence-electron chi connectivity index (χ0n) is 14.4. The smallest absolute Gasteiger partial charge is 0.335 e. The third-order valence-corrected chi connectivity index (χ3v) is 4.45. The molecule has 0 aromatic heterocycles. The highest BCUT2D eigenvalue weighted by atomic mass is 16.4. The van der Waals surface area contributed by atoms with E-state index in [1.807, 2.05) is 31.2 Å². The molecule has 0 radical (unpaired) electrons. The van der Waals surface area contributed by atoms with E-state index in [4.69, 9.17) is 5.11 Å². The second-order valence-electron chi connectivity index (χ2n) is 6.41. The molecule has 2 amide bonds. The van der Waals surface area contributed by atoms with Gasteiger partial charge in [-0.3, -0.25) is 9.59 Å². The number of carbonyl (C=O) groups excluding carboxylic acids is 2. The van der Waals surface area contributed by atoms with Gasteiger partial charge in [0.05, 0.1) is 12.0 Å². The maximum absolute atomic E-state index is 12.5. The fraction of sp³-hybridized carbons (Fsp3) is 0.250. The number of hydrogen-bond donors (Lipinski definition) is 2. The molecule has 0 saturated carbocycles. The average molecular weight is 352 g/mol. The number of carboxylic acid groups (broad SMARTS) is 1. The maximum Gasteiger partial charge on any atom is 0.335 e. The minimum absolute atomic E-state index is 0.105. The fourth-order valence-electron chi connectivity index (χ4n) is 2.99. The Morgan fingerprint density at radius 3 is 2.38 bits per heavy atom. The molecule has 1 atom stereocenters. The van der Waals surface area contributed by atoms with Crippen LogP contribution in [-0.2, 0) is 16.0 Å². The number of aromatic carboxylic acids is 1. The van der Waals surface area contributed by atoms with Crippen LogP contribution in [0, 0.1) is 6.92 Å². The summed E-state index contributed by atoms with van der Waals surface area (Å²) in [5.74, 6) is -1.37. The van der Waals surface area contributed by atoms with Crippen LogP contribution in [0.2, 0.25) is 0 Å². The highest BCUT2D eigenvalue weighted by Crippen LogP contribution is 2.22. The quantitative estimate of drug-likeness (QED) is 0.863. The summed E-state index contributed by atoms with van der Waals surface area (Å²) in [5.41, 5.74) is 2.84. The van der Waals surface area contributed by atoms with E-state index >= 15 is 0 Å². The first-order valence-electron chi connectivity index (χ1n) is 8.43.